The molecule has 0 fully saturated rings. The number of ether oxygens (including phenoxy) is 2. The van der Waals surface area contributed by atoms with Crippen LogP contribution in [0.15, 0.2) is 30.3 Å². The van der Waals surface area contributed by atoms with Gasteiger partial charge in [0.2, 0.25) is 0 Å². The molecule has 0 saturated carbocycles. The van der Waals surface area contributed by atoms with E-state index in [1.54, 1.807) is 38.1 Å². The maximum atomic E-state index is 12.5. The first-order valence-electron chi connectivity index (χ1n) is 9.54. The summed E-state index contributed by atoms with van der Waals surface area (Å²) in [5.41, 5.74) is 0.687. The number of amides is 2. The Bertz CT molecular complexity index is 848. The molecular formula is C21H26N2O5S. The molecule has 8 heteroatoms. The molecule has 2 aromatic rings. The van der Waals surface area contributed by atoms with E-state index in [1.165, 1.54) is 0 Å². The van der Waals surface area contributed by atoms with Crippen molar-refractivity contribution in [1.29, 1.82) is 0 Å². The van der Waals surface area contributed by atoms with Gasteiger partial charge in [-0.1, -0.05) is 31.5 Å². The number of para-hydroxylation sites is 1. The van der Waals surface area contributed by atoms with Crippen molar-refractivity contribution in [3.63, 3.8) is 0 Å². The van der Waals surface area contributed by atoms with Gasteiger partial charge in [-0.15, -0.1) is 11.3 Å². The van der Waals surface area contributed by atoms with Gasteiger partial charge >= 0.3 is 5.97 Å². The molecule has 0 bridgehead atoms. The fourth-order valence-electron chi connectivity index (χ4n) is 2.55. The molecule has 0 spiro atoms. The summed E-state index contributed by atoms with van der Waals surface area (Å²) in [5.74, 6) is -0.717. The van der Waals surface area contributed by atoms with Crippen LogP contribution in [0.25, 0.3) is 0 Å². The second kappa shape index (κ2) is 11.2. The van der Waals surface area contributed by atoms with Crippen LogP contribution in [-0.2, 0) is 9.53 Å². The van der Waals surface area contributed by atoms with Crippen molar-refractivity contribution >= 4 is 34.1 Å². The van der Waals surface area contributed by atoms with Crippen molar-refractivity contribution in [1.82, 2.24) is 5.32 Å². The van der Waals surface area contributed by atoms with Crippen molar-refractivity contribution in [2.75, 3.05) is 25.1 Å². The lowest BCUT2D eigenvalue weighted by atomic mass is 10.1. The Labute approximate surface area is 174 Å². The molecular weight excluding hydrogens is 392 g/mol. The van der Waals surface area contributed by atoms with Crippen LogP contribution in [0, 0.1) is 6.92 Å². The molecule has 29 heavy (non-hydrogen) atoms. The first kappa shape index (κ1) is 22.4. The third-order valence-corrected chi connectivity index (χ3v) is 5.22. The summed E-state index contributed by atoms with van der Waals surface area (Å²) in [6, 6.07) is 8.94. The van der Waals surface area contributed by atoms with E-state index >= 15 is 0 Å². The minimum atomic E-state index is -0.576. The first-order valence-corrected chi connectivity index (χ1v) is 10.4. The maximum absolute atomic E-state index is 12.5. The molecule has 0 atom stereocenters. The van der Waals surface area contributed by atoms with Crippen LogP contribution >= 0.6 is 11.3 Å². The van der Waals surface area contributed by atoms with E-state index in [2.05, 4.69) is 10.6 Å². The van der Waals surface area contributed by atoms with E-state index < -0.39 is 11.9 Å². The maximum Gasteiger partial charge on any atom is 0.341 e. The third-order valence-electron chi connectivity index (χ3n) is 4.01. The standard InChI is InChI=1S/C21H26N2O5S/c1-4-6-12-22-19(25)18-14(3)17(21(26)27-5-2)20(29-18)23-16(24)13-28-15-10-8-7-9-11-15/h7-11H,4-6,12-13H2,1-3H3,(H,22,25)(H,23,24). The van der Waals surface area contributed by atoms with Gasteiger partial charge in [0.1, 0.15) is 10.8 Å². The van der Waals surface area contributed by atoms with Gasteiger partial charge in [0.05, 0.1) is 17.0 Å². The summed E-state index contributed by atoms with van der Waals surface area (Å²) in [6.07, 6.45) is 1.82. The van der Waals surface area contributed by atoms with Crippen LogP contribution in [0.4, 0.5) is 5.00 Å². The first-order chi connectivity index (χ1) is 14.0. The highest BCUT2D eigenvalue weighted by Crippen LogP contribution is 2.33. The Morgan fingerprint density at radius 3 is 2.48 bits per heavy atom. The predicted molar refractivity (Wildman–Crippen MR) is 113 cm³/mol. The Morgan fingerprint density at radius 2 is 1.83 bits per heavy atom. The lowest BCUT2D eigenvalue weighted by Crippen LogP contribution is -2.24. The second-order valence-corrected chi connectivity index (χ2v) is 7.26. The van der Waals surface area contributed by atoms with E-state index in [0.29, 0.717) is 22.7 Å². The van der Waals surface area contributed by atoms with E-state index in [4.69, 9.17) is 9.47 Å². The molecule has 7 nitrogen and oxygen atoms in total. The molecule has 1 aromatic carbocycles. The van der Waals surface area contributed by atoms with Gasteiger partial charge in [-0.05, 0) is 38.0 Å². The SMILES string of the molecule is CCCCNC(=O)c1sc(NC(=O)COc2ccccc2)c(C(=O)OCC)c1C. The van der Waals surface area contributed by atoms with E-state index in [0.717, 1.165) is 24.2 Å². The lowest BCUT2D eigenvalue weighted by Gasteiger charge is -2.08. The highest BCUT2D eigenvalue weighted by Gasteiger charge is 2.26. The highest BCUT2D eigenvalue weighted by atomic mass is 32.1. The number of hydrogen-bond donors (Lipinski definition) is 2. The van der Waals surface area contributed by atoms with Crippen molar-refractivity contribution in [3.05, 3.63) is 46.3 Å². The summed E-state index contributed by atoms with van der Waals surface area (Å²) in [4.78, 5) is 37.6. The molecule has 0 aliphatic carbocycles. The Hall–Kier alpha value is -2.87. The summed E-state index contributed by atoms with van der Waals surface area (Å²) >= 11 is 1.06. The monoisotopic (exact) mass is 418 g/mol. The largest absolute Gasteiger partial charge is 0.484 e. The minimum absolute atomic E-state index is 0.191. The number of rotatable bonds is 10. The minimum Gasteiger partial charge on any atom is -0.484 e. The zero-order valence-electron chi connectivity index (χ0n) is 16.9. The van der Waals surface area contributed by atoms with E-state index in [-0.39, 0.29) is 29.7 Å². The summed E-state index contributed by atoms with van der Waals surface area (Å²) in [5, 5.41) is 5.79. The van der Waals surface area contributed by atoms with Gasteiger partial charge in [-0.25, -0.2) is 4.79 Å². The number of anilines is 1. The number of nitrogens with one attached hydrogen (secondary N) is 2. The Kier molecular flexibility index (Phi) is 8.67. The van der Waals surface area contributed by atoms with Crippen LogP contribution in [0.5, 0.6) is 5.75 Å². The summed E-state index contributed by atoms with van der Waals surface area (Å²) in [7, 11) is 0. The van der Waals surface area contributed by atoms with Gasteiger partial charge in [0, 0.05) is 6.54 Å². The predicted octanol–water partition coefficient (Wildman–Crippen LogP) is 3.78. The Morgan fingerprint density at radius 1 is 1.10 bits per heavy atom. The van der Waals surface area contributed by atoms with Crippen molar-refractivity contribution in [2.24, 2.45) is 0 Å². The van der Waals surface area contributed by atoms with Crippen molar-refractivity contribution in [2.45, 2.75) is 33.6 Å². The molecule has 2 N–H and O–H groups in total. The number of benzene rings is 1. The van der Waals surface area contributed by atoms with Crippen molar-refractivity contribution in [3.8, 4) is 5.75 Å². The molecule has 0 radical (unpaired) electrons. The number of carbonyl (C=O) groups is 3. The molecule has 0 aliphatic rings. The van der Waals surface area contributed by atoms with Crippen LogP contribution in [0.2, 0.25) is 0 Å². The fourth-order valence-corrected chi connectivity index (χ4v) is 3.68. The zero-order chi connectivity index (χ0) is 21.2. The highest BCUT2D eigenvalue weighted by molar-refractivity contribution is 7.18. The fraction of sp³-hybridized carbons (Fsp3) is 0.381. The van der Waals surface area contributed by atoms with Gasteiger partial charge < -0.3 is 20.1 Å². The summed E-state index contributed by atoms with van der Waals surface area (Å²) < 4.78 is 10.5. The topological polar surface area (TPSA) is 93.7 Å². The summed E-state index contributed by atoms with van der Waals surface area (Å²) in [6.45, 7) is 5.93. The molecule has 0 aliphatic heterocycles. The number of esters is 1. The lowest BCUT2D eigenvalue weighted by molar-refractivity contribution is -0.118. The average Bonchev–Trinajstić information content (AvgIpc) is 3.03. The molecule has 1 heterocycles. The van der Waals surface area contributed by atoms with Crippen LogP contribution < -0.4 is 15.4 Å². The molecule has 2 amide bonds. The van der Waals surface area contributed by atoms with Gasteiger partial charge in [0.25, 0.3) is 11.8 Å². The molecule has 0 unspecified atom stereocenters. The normalized spacial score (nSPS) is 10.3. The Balaban J connectivity index is 2.17. The smallest absolute Gasteiger partial charge is 0.341 e. The number of hydrogen-bond acceptors (Lipinski definition) is 6. The van der Waals surface area contributed by atoms with Crippen LogP contribution in [0.1, 0.15) is 52.3 Å². The third kappa shape index (κ3) is 6.32. The number of unbranched alkanes of at least 4 members (excludes halogenated alkanes) is 1. The molecule has 1 aromatic heterocycles. The van der Waals surface area contributed by atoms with Crippen molar-refractivity contribution < 1.29 is 23.9 Å². The molecule has 2 rings (SSSR count). The second-order valence-electron chi connectivity index (χ2n) is 6.24. The van der Waals surface area contributed by atoms with Gasteiger partial charge in [-0.3, -0.25) is 9.59 Å². The average molecular weight is 419 g/mol. The number of carbonyl (C=O) groups excluding carboxylic acids is 3. The molecule has 0 saturated heterocycles. The van der Waals surface area contributed by atoms with E-state index in [9.17, 15) is 14.4 Å². The zero-order valence-corrected chi connectivity index (χ0v) is 17.7. The van der Waals surface area contributed by atoms with Crippen LogP contribution in [0.3, 0.4) is 0 Å². The molecule has 156 valence electrons. The van der Waals surface area contributed by atoms with Crippen LogP contribution in [-0.4, -0.2) is 37.5 Å². The van der Waals surface area contributed by atoms with Gasteiger partial charge in [0.15, 0.2) is 6.61 Å². The van der Waals surface area contributed by atoms with E-state index in [1.807, 2.05) is 13.0 Å². The number of thiophene rings is 1. The van der Waals surface area contributed by atoms with Gasteiger partial charge in [-0.2, -0.15) is 0 Å². The quantitative estimate of drug-likeness (QED) is 0.452.